The fraction of sp³-hybridized carbons (Fsp3) is 0.588. The maximum Gasteiger partial charge on any atom is 0.410 e. The maximum atomic E-state index is 12.3. The maximum absolute atomic E-state index is 12.3. The highest BCUT2D eigenvalue weighted by atomic mass is 16.6. The number of hydrogen-bond acceptors (Lipinski definition) is 4. The van der Waals surface area contributed by atoms with E-state index in [0.29, 0.717) is 6.54 Å². The highest BCUT2D eigenvalue weighted by molar-refractivity contribution is 5.69. The minimum Gasteiger partial charge on any atom is -0.444 e. The molecule has 1 aromatic carbocycles. The molecule has 1 fully saturated rings. The number of carbonyl (C=O) groups excluding carboxylic acids is 1. The Kier molecular flexibility index (Phi) is 5.08. The lowest BCUT2D eigenvalue weighted by Crippen LogP contribution is -2.42. The average molecular weight is 307 g/mol. The van der Waals surface area contributed by atoms with Crippen molar-refractivity contribution >= 4 is 6.09 Å². The Morgan fingerprint density at radius 1 is 1.27 bits per heavy atom. The minimum atomic E-state index is -0.544. The molecule has 1 amide bonds. The third kappa shape index (κ3) is 3.78. The van der Waals surface area contributed by atoms with E-state index in [-0.39, 0.29) is 31.3 Å². The molecule has 0 aliphatic carbocycles. The summed E-state index contributed by atoms with van der Waals surface area (Å²) < 4.78 is 5.42. The molecule has 1 aliphatic heterocycles. The predicted molar refractivity (Wildman–Crippen MR) is 83.5 cm³/mol. The number of hydrogen-bond donors (Lipinski definition) is 2. The third-order valence-electron chi connectivity index (χ3n) is 3.95. The zero-order valence-corrected chi connectivity index (χ0v) is 13.5. The van der Waals surface area contributed by atoms with Gasteiger partial charge < -0.3 is 19.8 Å². The van der Waals surface area contributed by atoms with Gasteiger partial charge in [0.2, 0.25) is 0 Å². The van der Waals surface area contributed by atoms with Crippen molar-refractivity contribution in [3.05, 3.63) is 35.4 Å². The number of likely N-dealkylation sites (tertiary alicyclic amines) is 1. The molecule has 0 spiro atoms. The lowest BCUT2D eigenvalue weighted by molar-refractivity contribution is 0.0165. The molecule has 0 saturated carbocycles. The zero-order valence-electron chi connectivity index (χ0n) is 13.5. The van der Waals surface area contributed by atoms with Crippen molar-refractivity contribution < 1.29 is 19.7 Å². The van der Waals surface area contributed by atoms with Crippen LogP contribution in [-0.2, 0) is 11.3 Å². The summed E-state index contributed by atoms with van der Waals surface area (Å²) in [5.41, 5.74) is 1.38. The Bertz CT molecular complexity index is 506. The van der Waals surface area contributed by atoms with E-state index in [0.717, 1.165) is 17.5 Å². The summed E-state index contributed by atoms with van der Waals surface area (Å²) in [7, 11) is 0. The van der Waals surface area contributed by atoms with Crippen molar-refractivity contribution in [1.29, 1.82) is 0 Å². The number of carbonyl (C=O) groups is 1. The van der Waals surface area contributed by atoms with Gasteiger partial charge in [-0.1, -0.05) is 24.3 Å². The number of rotatable bonds is 3. The van der Waals surface area contributed by atoms with E-state index in [1.807, 2.05) is 45.0 Å². The predicted octanol–water partition coefficient (Wildman–Crippen LogP) is 2.26. The van der Waals surface area contributed by atoms with Crippen LogP contribution in [0.3, 0.4) is 0 Å². The molecule has 2 N–H and O–H groups in total. The van der Waals surface area contributed by atoms with Crippen LogP contribution in [-0.4, -0.2) is 46.0 Å². The van der Waals surface area contributed by atoms with Crippen molar-refractivity contribution in [1.82, 2.24) is 4.90 Å². The van der Waals surface area contributed by atoms with Gasteiger partial charge >= 0.3 is 6.09 Å². The summed E-state index contributed by atoms with van der Waals surface area (Å²) in [6.45, 7) is 6.00. The van der Waals surface area contributed by atoms with Gasteiger partial charge in [-0.3, -0.25) is 0 Å². The van der Waals surface area contributed by atoms with Crippen LogP contribution in [0.4, 0.5) is 4.79 Å². The molecule has 0 unspecified atom stereocenters. The summed E-state index contributed by atoms with van der Waals surface area (Å²) in [6.07, 6.45) is 0.421. The summed E-state index contributed by atoms with van der Waals surface area (Å²) in [6, 6.07) is 7.39. The molecular weight excluding hydrogens is 282 g/mol. The molecule has 1 aromatic rings. The smallest absolute Gasteiger partial charge is 0.410 e. The minimum absolute atomic E-state index is 0.0123. The molecule has 0 radical (unpaired) electrons. The lowest BCUT2D eigenvalue weighted by Gasteiger charge is -2.29. The first kappa shape index (κ1) is 16.8. The molecular formula is C17H25NO4. The van der Waals surface area contributed by atoms with Crippen LogP contribution < -0.4 is 0 Å². The highest BCUT2D eigenvalue weighted by Crippen LogP contribution is 2.34. The van der Waals surface area contributed by atoms with E-state index in [4.69, 9.17) is 9.84 Å². The summed E-state index contributed by atoms with van der Waals surface area (Å²) in [5, 5.41) is 18.8. The van der Waals surface area contributed by atoms with Gasteiger partial charge in [0.15, 0.2) is 0 Å². The van der Waals surface area contributed by atoms with Crippen molar-refractivity contribution in [3.8, 4) is 0 Å². The normalized spacial score (nSPS) is 22.0. The van der Waals surface area contributed by atoms with Gasteiger partial charge in [0.1, 0.15) is 5.60 Å². The lowest BCUT2D eigenvalue weighted by atomic mass is 9.91. The van der Waals surface area contributed by atoms with Gasteiger partial charge in [-0.25, -0.2) is 4.79 Å². The largest absolute Gasteiger partial charge is 0.444 e. The number of benzene rings is 1. The van der Waals surface area contributed by atoms with Crippen LogP contribution in [0.25, 0.3) is 0 Å². The second-order valence-electron chi connectivity index (χ2n) is 6.72. The second-order valence-corrected chi connectivity index (χ2v) is 6.72. The molecule has 22 heavy (non-hydrogen) atoms. The van der Waals surface area contributed by atoms with Gasteiger partial charge in [-0.15, -0.1) is 0 Å². The van der Waals surface area contributed by atoms with Crippen LogP contribution in [0.15, 0.2) is 24.3 Å². The Morgan fingerprint density at radius 2 is 1.91 bits per heavy atom. The van der Waals surface area contributed by atoms with E-state index in [1.54, 1.807) is 4.90 Å². The number of nitrogens with zero attached hydrogens (tertiary/aromatic N) is 1. The number of aliphatic hydroxyl groups is 2. The molecule has 1 heterocycles. The second kappa shape index (κ2) is 6.67. The fourth-order valence-corrected chi connectivity index (χ4v) is 2.89. The van der Waals surface area contributed by atoms with Gasteiger partial charge in [-0.05, 0) is 38.3 Å². The summed E-state index contributed by atoms with van der Waals surface area (Å²) >= 11 is 0. The topological polar surface area (TPSA) is 70.0 Å². The van der Waals surface area contributed by atoms with Crippen LogP contribution in [0.2, 0.25) is 0 Å². The summed E-state index contributed by atoms with van der Waals surface area (Å²) in [5.74, 6) is 0.0882. The first-order valence-electron chi connectivity index (χ1n) is 7.66. The molecule has 0 bridgehead atoms. The standard InChI is InChI=1S/C17H25NO4/c1-17(2,3)22-16(21)18-9-8-14(15(18)11-20)13-6-4-12(10-19)5-7-13/h4-7,14-15,19-20H,8-11H2,1-3H3/t14-,15-/m1/s1. The van der Waals surface area contributed by atoms with E-state index < -0.39 is 5.60 Å². The number of amides is 1. The first-order valence-corrected chi connectivity index (χ1v) is 7.66. The fourth-order valence-electron chi connectivity index (χ4n) is 2.89. The average Bonchev–Trinajstić information content (AvgIpc) is 2.89. The Labute approximate surface area is 131 Å². The molecule has 122 valence electrons. The van der Waals surface area contributed by atoms with E-state index in [9.17, 15) is 9.90 Å². The highest BCUT2D eigenvalue weighted by Gasteiger charge is 2.39. The molecule has 2 atom stereocenters. The van der Waals surface area contributed by atoms with E-state index in [1.165, 1.54) is 0 Å². The van der Waals surface area contributed by atoms with Crippen LogP contribution in [0, 0.1) is 0 Å². The molecule has 1 aliphatic rings. The van der Waals surface area contributed by atoms with Crippen LogP contribution in [0.5, 0.6) is 0 Å². The quantitative estimate of drug-likeness (QED) is 0.898. The van der Waals surface area contributed by atoms with E-state index in [2.05, 4.69) is 0 Å². The molecule has 0 aromatic heterocycles. The third-order valence-corrected chi connectivity index (χ3v) is 3.95. The van der Waals surface area contributed by atoms with Gasteiger partial charge in [0.05, 0.1) is 19.3 Å². The van der Waals surface area contributed by atoms with Gasteiger partial charge in [-0.2, -0.15) is 0 Å². The number of aliphatic hydroxyl groups excluding tert-OH is 2. The van der Waals surface area contributed by atoms with Crippen LogP contribution >= 0.6 is 0 Å². The van der Waals surface area contributed by atoms with Crippen molar-refractivity contribution in [2.45, 2.75) is 51.4 Å². The molecule has 5 heteroatoms. The Balaban J connectivity index is 2.13. The van der Waals surface area contributed by atoms with Crippen molar-refractivity contribution in [3.63, 3.8) is 0 Å². The summed E-state index contributed by atoms with van der Waals surface area (Å²) in [4.78, 5) is 13.9. The molecule has 1 saturated heterocycles. The zero-order chi connectivity index (χ0) is 16.3. The SMILES string of the molecule is CC(C)(C)OC(=O)N1CC[C@H](c2ccc(CO)cc2)[C@H]1CO. The van der Waals surface area contributed by atoms with Gasteiger partial charge in [0.25, 0.3) is 0 Å². The number of ether oxygens (including phenoxy) is 1. The first-order chi connectivity index (χ1) is 10.4. The van der Waals surface area contributed by atoms with Crippen LogP contribution in [0.1, 0.15) is 44.2 Å². The van der Waals surface area contributed by atoms with Gasteiger partial charge in [0, 0.05) is 12.5 Å². The Hall–Kier alpha value is -1.59. The molecule has 5 nitrogen and oxygen atoms in total. The monoisotopic (exact) mass is 307 g/mol. The molecule has 2 rings (SSSR count). The van der Waals surface area contributed by atoms with Crippen molar-refractivity contribution in [2.75, 3.05) is 13.2 Å². The van der Waals surface area contributed by atoms with Crippen molar-refractivity contribution in [2.24, 2.45) is 0 Å². The van der Waals surface area contributed by atoms with E-state index >= 15 is 0 Å². The Morgan fingerprint density at radius 3 is 2.41 bits per heavy atom.